The van der Waals surface area contributed by atoms with Gasteiger partial charge in [-0.15, -0.1) is 0 Å². The summed E-state index contributed by atoms with van der Waals surface area (Å²) in [4.78, 5) is 20.8. The van der Waals surface area contributed by atoms with Gasteiger partial charge in [-0.3, -0.25) is 9.79 Å². The Morgan fingerprint density at radius 3 is 2.58 bits per heavy atom. The average molecular weight is 420 g/mol. The Labute approximate surface area is 185 Å². The van der Waals surface area contributed by atoms with Crippen molar-refractivity contribution in [2.75, 3.05) is 31.6 Å². The van der Waals surface area contributed by atoms with Crippen LogP contribution in [0.15, 0.2) is 53.5 Å². The van der Waals surface area contributed by atoms with Crippen LogP contribution in [0.25, 0.3) is 0 Å². The molecule has 4 rings (SSSR count). The van der Waals surface area contributed by atoms with Gasteiger partial charge < -0.3 is 20.4 Å². The van der Waals surface area contributed by atoms with E-state index in [-0.39, 0.29) is 5.91 Å². The Morgan fingerprint density at radius 1 is 1.10 bits per heavy atom. The summed E-state index contributed by atoms with van der Waals surface area (Å²) in [6.45, 7) is 6.38. The SMILES string of the molecule is CN=C(NCc1ccccc1CN1CCCC1=O)NC1CCN(c2ccc(C)cc2)C1. The lowest BCUT2D eigenvalue weighted by Gasteiger charge is -2.21. The van der Waals surface area contributed by atoms with E-state index in [9.17, 15) is 4.79 Å². The first-order chi connectivity index (χ1) is 15.1. The van der Waals surface area contributed by atoms with Gasteiger partial charge in [0, 0.05) is 57.9 Å². The van der Waals surface area contributed by atoms with Crippen LogP contribution in [0, 0.1) is 6.92 Å². The van der Waals surface area contributed by atoms with Crippen LogP contribution in [-0.2, 0) is 17.9 Å². The fourth-order valence-electron chi connectivity index (χ4n) is 4.40. The number of rotatable bonds is 6. The predicted octanol–water partition coefficient (Wildman–Crippen LogP) is 3.06. The van der Waals surface area contributed by atoms with E-state index < -0.39 is 0 Å². The number of benzene rings is 2. The molecule has 0 bridgehead atoms. The van der Waals surface area contributed by atoms with Crippen LogP contribution in [0.2, 0.25) is 0 Å². The Hall–Kier alpha value is -3.02. The molecule has 2 saturated heterocycles. The lowest BCUT2D eigenvalue weighted by Crippen LogP contribution is -2.44. The number of nitrogens with zero attached hydrogens (tertiary/aromatic N) is 3. The molecule has 1 unspecified atom stereocenters. The number of nitrogens with one attached hydrogen (secondary N) is 2. The molecular formula is C25H33N5O. The van der Waals surface area contributed by atoms with Gasteiger partial charge in [0.15, 0.2) is 5.96 Å². The van der Waals surface area contributed by atoms with E-state index in [1.807, 2.05) is 18.0 Å². The van der Waals surface area contributed by atoms with Gasteiger partial charge in [-0.05, 0) is 43.0 Å². The van der Waals surface area contributed by atoms with Crippen LogP contribution in [0.1, 0.15) is 36.0 Å². The molecule has 1 amide bonds. The summed E-state index contributed by atoms with van der Waals surface area (Å²) in [6.07, 6.45) is 2.73. The number of hydrogen-bond donors (Lipinski definition) is 2. The van der Waals surface area contributed by atoms with Crippen molar-refractivity contribution >= 4 is 17.6 Å². The van der Waals surface area contributed by atoms with Crippen molar-refractivity contribution in [3.8, 4) is 0 Å². The van der Waals surface area contributed by atoms with Crippen LogP contribution in [0.5, 0.6) is 0 Å². The maximum absolute atomic E-state index is 12.0. The van der Waals surface area contributed by atoms with Gasteiger partial charge in [-0.2, -0.15) is 0 Å². The first-order valence-corrected chi connectivity index (χ1v) is 11.3. The number of aliphatic imine (C=N–C) groups is 1. The zero-order valence-corrected chi connectivity index (χ0v) is 18.6. The molecule has 2 heterocycles. The summed E-state index contributed by atoms with van der Waals surface area (Å²) < 4.78 is 0. The third kappa shape index (κ3) is 5.37. The Morgan fingerprint density at radius 2 is 1.87 bits per heavy atom. The van der Waals surface area contributed by atoms with Gasteiger partial charge in [0.1, 0.15) is 0 Å². The predicted molar refractivity (Wildman–Crippen MR) is 126 cm³/mol. The zero-order valence-electron chi connectivity index (χ0n) is 18.6. The maximum atomic E-state index is 12.0. The standard InChI is InChI=1S/C25H33N5O/c1-19-9-11-23(12-10-19)29-15-13-22(18-29)28-25(26-2)27-16-20-6-3-4-7-21(20)17-30-14-5-8-24(30)31/h3-4,6-7,9-12,22H,5,8,13-18H2,1-2H3,(H2,26,27,28). The van der Waals surface area contributed by atoms with Crippen molar-refractivity contribution in [1.82, 2.24) is 15.5 Å². The zero-order chi connectivity index (χ0) is 21.6. The molecule has 1 atom stereocenters. The molecule has 0 aromatic heterocycles. The van der Waals surface area contributed by atoms with Gasteiger partial charge in [-0.1, -0.05) is 42.0 Å². The molecule has 2 fully saturated rings. The number of anilines is 1. The molecule has 2 aliphatic heterocycles. The fourth-order valence-corrected chi connectivity index (χ4v) is 4.40. The Bertz CT molecular complexity index is 924. The smallest absolute Gasteiger partial charge is 0.222 e. The van der Waals surface area contributed by atoms with Crippen LogP contribution in [0.4, 0.5) is 5.69 Å². The van der Waals surface area contributed by atoms with Crippen molar-refractivity contribution < 1.29 is 4.79 Å². The number of hydrogen-bond acceptors (Lipinski definition) is 3. The third-order valence-electron chi connectivity index (χ3n) is 6.25. The second kappa shape index (κ2) is 9.86. The summed E-state index contributed by atoms with van der Waals surface area (Å²) in [5, 5.41) is 7.05. The van der Waals surface area contributed by atoms with Gasteiger partial charge in [-0.25, -0.2) is 0 Å². The van der Waals surface area contributed by atoms with E-state index >= 15 is 0 Å². The lowest BCUT2D eigenvalue weighted by molar-refractivity contribution is -0.128. The highest BCUT2D eigenvalue weighted by Crippen LogP contribution is 2.21. The first kappa shape index (κ1) is 21.2. The molecule has 2 aromatic carbocycles. The molecule has 6 heteroatoms. The number of carbonyl (C=O) groups is 1. The Balaban J connectivity index is 1.31. The summed E-state index contributed by atoms with van der Waals surface area (Å²) in [6, 6.07) is 17.5. The minimum atomic E-state index is 0.264. The van der Waals surface area contributed by atoms with E-state index in [0.717, 1.165) is 38.4 Å². The van der Waals surface area contributed by atoms with Crippen LogP contribution in [-0.4, -0.2) is 49.5 Å². The minimum Gasteiger partial charge on any atom is -0.369 e. The fraction of sp³-hybridized carbons (Fsp3) is 0.440. The van der Waals surface area contributed by atoms with Crippen molar-refractivity contribution in [2.24, 2.45) is 4.99 Å². The van der Waals surface area contributed by atoms with Crippen molar-refractivity contribution in [3.63, 3.8) is 0 Å². The maximum Gasteiger partial charge on any atom is 0.222 e. The van der Waals surface area contributed by atoms with Crippen molar-refractivity contribution in [1.29, 1.82) is 0 Å². The van der Waals surface area contributed by atoms with E-state index in [4.69, 9.17) is 0 Å². The Kier molecular flexibility index (Phi) is 6.75. The van der Waals surface area contributed by atoms with Gasteiger partial charge in [0.2, 0.25) is 5.91 Å². The molecule has 2 N–H and O–H groups in total. The number of likely N-dealkylation sites (tertiary alicyclic amines) is 1. The number of amides is 1. The van der Waals surface area contributed by atoms with Crippen molar-refractivity contribution in [3.05, 3.63) is 65.2 Å². The molecule has 0 spiro atoms. The summed E-state index contributed by atoms with van der Waals surface area (Å²) in [7, 11) is 1.82. The van der Waals surface area contributed by atoms with E-state index in [2.05, 4.69) is 69.9 Å². The second-order valence-corrected chi connectivity index (χ2v) is 8.52. The normalized spacial score (nSPS) is 19.2. The topological polar surface area (TPSA) is 60.0 Å². The largest absolute Gasteiger partial charge is 0.369 e. The molecule has 2 aliphatic rings. The number of guanidine groups is 1. The van der Waals surface area contributed by atoms with Gasteiger partial charge >= 0.3 is 0 Å². The minimum absolute atomic E-state index is 0.264. The number of carbonyl (C=O) groups excluding carboxylic acids is 1. The first-order valence-electron chi connectivity index (χ1n) is 11.3. The molecule has 0 aliphatic carbocycles. The lowest BCUT2D eigenvalue weighted by atomic mass is 10.1. The van der Waals surface area contributed by atoms with E-state index in [0.29, 0.717) is 25.6 Å². The summed E-state index contributed by atoms with van der Waals surface area (Å²) in [5.41, 5.74) is 4.98. The van der Waals surface area contributed by atoms with Crippen molar-refractivity contribution in [2.45, 2.75) is 45.3 Å². The highest BCUT2D eigenvalue weighted by molar-refractivity contribution is 5.80. The van der Waals surface area contributed by atoms with Crippen LogP contribution < -0.4 is 15.5 Å². The van der Waals surface area contributed by atoms with Crippen LogP contribution >= 0.6 is 0 Å². The average Bonchev–Trinajstić information content (AvgIpc) is 3.41. The highest BCUT2D eigenvalue weighted by Gasteiger charge is 2.24. The molecule has 2 aromatic rings. The monoisotopic (exact) mass is 419 g/mol. The summed E-state index contributed by atoms with van der Waals surface area (Å²) >= 11 is 0. The second-order valence-electron chi connectivity index (χ2n) is 8.52. The van der Waals surface area contributed by atoms with Crippen LogP contribution in [0.3, 0.4) is 0 Å². The quantitative estimate of drug-likeness (QED) is 0.558. The van der Waals surface area contributed by atoms with Gasteiger partial charge in [0.05, 0.1) is 0 Å². The van der Waals surface area contributed by atoms with Gasteiger partial charge in [0.25, 0.3) is 0 Å². The molecule has 0 saturated carbocycles. The third-order valence-corrected chi connectivity index (χ3v) is 6.25. The molecule has 0 radical (unpaired) electrons. The molecular weight excluding hydrogens is 386 g/mol. The molecule has 31 heavy (non-hydrogen) atoms. The highest BCUT2D eigenvalue weighted by atomic mass is 16.2. The van der Waals surface area contributed by atoms with E-state index in [1.54, 1.807) is 0 Å². The summed E-state index contributed by atoms with van der Waals surface area (Å²) in [5.74, 6) is 1.09. The number of aryl methyl sites for hydroxylation is 1. The molecule has 6 nitrogen and oxygen atoms in total. The molecule has 164 valence electrons. The van der Waals surface area contributed by atoms with E-state index in [1.165, 1.54) is 22.4 Å².